The van der Waals surface area contributed by atoms with Gasteiger partial charge in [0.1, 0.15) is 0 Å². The van der Waals surface area contributed by atoms with E-state index in [0.717, 1.165) is 9.13 Å². The number of anilines is 1. The molecule has 2 aliphatic rings. The number of ketones is 1. The number of Topliss-reactive ketones (excluding diaryl/α,β-unsaturated/α-hetero) is 1. The lowest BCUT2D eigenvalue weighted by molar-refractivity contribution is -0.114. The second kappa shape index (κ2) is 4.98. The van der Waals surface area contributed by atoms with Crippen LogP contribution in [0.2, 0.25) is 0 Å². The molecule has 110 valence electrons. The molecule has 0 saturated heterocycles. The topological polar surface area (TPSA) is 55.8 Å². The van der Waals surface area contributed by atoms with Crippen LogP contribution in [0.3, 0.4) is 0 Å². The minimum Gasteiger partial charge on any atom is -0.454 e. The van der Waals surface area contributed by atoms with Crippen LogP contribution in [0.4, 0.5) is 5.69 Å². The van der Waals surface area contributed by atoms with Gasteiger partial charge in [-0.15, -0.1) is 0 Å². The first-order valence-electron chi connectivity index (χ1n) is 6.68. The monoisotopic (exact) mass is 407 g/mol. The lowest BCUT2D eigenvalue weighted by atomic mass is 10.1. The lowest BCUT2D eigenvalue weighted by Crippen LogP contribution is -2.29. The molecule has 2 aromatic carbocycles. The third-order valence-electron chi connectivity index (χ3n) is 3.75. The maximum atomic E-state index is 12.2. The molecule has 0 bridgehead atoms. The molecule has 0 atom stereocenters. The average Bonchev–Trinajstić information content (AvgIpc) is 3.06. The predicted octanol–water partition coefficient (Wildman–Crippen LogP) is 2.75. The molecule has 0 spiro atoms. The van der Waals surface area contributed by atoms with E-state index in [1.165, 1.54) is 4.90 Å². The van der Waals surface area contributed by atoms with Crippen LogP contribution in [0.1, 0.15) is 15.9 Å². The summed E-state index contributed by atoms with van der Waals surface area (Å²) in [7, 11) is 0. The van der Waals surface area contributed by atoms with Crippen LogP contribution in [0.5, 0.6) is 11.5 Å². The Morgan fingerprint density at radius 1 is 1.09 bits per heavy atom. The maximum Gasteiger partial charge on any atom is 0.299 e. The Bertz CT molecular complexity index is 818. The Hall–Kier alpha value is -2.09. The number of fused-ring (bicyclic) bond motifs is 2. The number of nitrogens with zero attached hydrogens (tertiary/aromatic N) is 1. The van der Waals surface area contributed by atoms with E-state index in [1.807, 2.05) is 18.2 Å². The Balaban J connectivity index is 1.73. The summed E-state index contributed by atoms with van der Waals surface area (Å²) in [6.07, 6.45) is 0. The molecule has 0 fully saturated rings. The quantitative estimate of drug-likeness (QED) is 0.568. The third-order valence-corrected chi connectivity index (χ3v) is 4.75. The number of halogens is 1. The summed E-state index contributed by atoms with van der Waals surface area (Å²) in [4.78, 5) is 25.8. The normalized spacial score (nSPS) is 15.4. The van der Waals surface area contributed by atoms with Gasteiger partial charge in [0.25, 0.3) is 11.7 Å². The van der Waals surface area contributed by atoms with Crippen LogP contribution < -0.4 is 14.4 Å². The summed E-state index contributed by atoms with van der Waals surface area (Å²) in [5, 5.41) is 0. The standard InChI is InChI=1S/C16H10INO4/c17-11-6-14-13(21-8-22-14)5-9(11)7-18-12-4-2-1-3-10(12)15(19)16(18)20/h1-6H,7-8H2. The van der Waals surface area contributed by atoms with E-state index in [-0.39, 0.29) is 6.79 Å². The number of ether oxygens (including phenoxy) is 2. The van der Waals surface area contributed by atoms with Crippen LogP contribution in [0.25, 0.3) is 0 Å². The minimum atomic E-state index is -0.491. The van der Waals surface area contributed by atoms with E-state index in [0.29, 0.717) is 29.3 Å². The summed E-state index contributed by atoms with van der Waals surface area (Å²) in [6.45, 7) is 0.537. The molecule has 0 saturated carbocycles. The van der Waals surface area contributed by atoms with Crippen molar-refractivity contribution in [3.63, 3.8) is 0 Å². The van der Waals surface area contributed by atoms with E-state index in [2.05, 4.69) is 22.6 Å². The molecule has 1 amide bonds. The van der Waals surface area contributed by atoms with Crippen molar-refractivity contribution in [1.29, 1.82) is 0 Å². The van der Waals surface area contributed by atoms with Gasteiger partial charge in [0.2, 0.25) is 6.79 Å². The van der Waals surface area contributed by atoms with Crippen LogP contribution in [0, 0.1) is 3.57 Å². The summed E-state index contributed by atoms with van der Waals surface area (Å²) in [6, 6.07) is 10.8. The molecular weight excluding hydrogens is 397 g/mol. The number of carbonyl (C=O) groups excluding carboxylic acids is 2. The minimum absolute atomic E-state index is 0.207. The van der Waals surface area contributed by atoms with Crippen LogP contribution in [-0.2, 0) is 11.3 Å². The van der Waals surface area contributed by atoms with Crippen LogP contribution in [0.15, 0.2) is 36.4 Å². The van der Waals surface area contributed by atoms with E-state index in [4.69, 9.17) is 9.47 Å². The second-order valence-corrected chi connectivity index (χ2v) is 6.20. The highest BCUT2D eigenvalue weighted by molar-refractivity contribution is 14.1. The van der Waals surface area contributed by atoms with Gasteiger partial charge in [-0.3, -0.25) is 9.59 Å². The van der Waals surface area contributed by atoms with Gasteiger partial charge >= 0.3 is 0 Å². The molecule has 0 aromatic heterocycles. The Labute approximate surface area is 140 Å². The van der Waals surface area contributed by atoms with Gasteiger partial charge in [-0.2, -0.15) is 0 Å². The Kier molecular flexibility index (Phi) is 3.07. The van der Waals surface area contributed by atoms with E-state index in [9.17, 15) is 9.59 Å². The SMILES string of the molecule is O=C1C(=O)N(Cc2cc3c(cc2I)OCO3)c2ccccc21. The van der Waals surface area contributed by atoms with Crippen molar-refractivity contribution in [2.24, 2.45) is 0 Å². The third kappa shape index (κ3) is 1.98. The fraction of sp³-hybridized carbons (Fsp3) is 0.125. The smallest absolute Gasteiger partial charge is 0.299 e. The fourth-order valence-electron chi connectivity index (χ4n) is 2.66. The largest absolute Gasteiger partial charge is 0.454 e. The first-order chi connectivity index (χ1) is 10.6. The molecule has 6 heteroatoms. The molecular formula is C16H10INO4. The number of carbonyl (C=O) groups is 2. The number of para-hydroxylation sites is 1. The Morgan fingerprint density at radius 2 is 1.82 bits per heavy atom. The summed E-state index contributed by atoms with van der Waals surface area (Å²) >= 11 is 2.19. The molecule has 0 N–H and O–H groups in total. The molecule has 2 heterocycles. The average molecular weight is 407 g/mol. The van der Waals surface area contributed by atoms with Crippen molar-refractivity contribution in [2.45, 2.75) is 6.54 Å². The van der Waals surface area contributed by atoms with Crippen molar-refractivity contribution in [3.05, 3.63) is 51.1 Å². The van der Waals surface area contributed by atoms with Gasteiger partial charge in [-0.1, -0.05) is 12.1 Å². The zero-order valence-electron chi connectivity index (χ0n) is 11.3. The number of amides is 1. The molecule has 5 nitrogen and oxygen atoms in total. The van der Waals surface area contributed by atoms with E-state index >= 15 is 0 Å². The van der Waals surface area contributed by atoms with Gasteiger partial charge in [0.15, 0.2) is 11.5 Å². The predicted molar refractivity (Wildman–Crippen MR) is 87.2 cm³/mol. The van der Waals surface area contributed by atoms with Gasteiger partial charge in [-0.25, -0.2) is 0 Å². The molecule has 0 aliphatic carbocycles. The first-order valence-corrected chi connectivity index (χ1v) is 7.76. The van der Waals surface area contributed by atoms with Crippen molar-refractivity contribution in [3.8, 4) is 11.5 Å². The summed E-state index contributed by atoms with van der Waals surface area (Å²) in [5.74, 6) is 0.431. The molecule has 22 heavy (non-hydrogen) atoms. The Morgan fingerprint density at radius 3 is 2.64 bits per heavy atom. The van der Waals surface area contributed by atoms with Crippen molar-refractivity contribution < 1.29 is 19.1 Å². The van der Waals surface area contributed by atoms with Crippen molar-refractivity contribution in [2.75, 3.05) is 11.7 Å². The lowest BCUT2D eigenvalue weighted by Gasteiger charge is -2.17. The first kappa shape index (κ1) is 13.6. The number of benzene rings is 2. The van der Waals surface area contributed by atoms with Crippen molar-refractivity contribution in [1.82, 2.24) is 0 Å². The van der Waals surface area contributed by atoms with Crippen LogP contribution in [-0.4, -0.2) is 18.5 Å². The molecule has 2 aliphatic heterocycles. The van der Waals surface area contributed by atoms with Gasteiger partial charge in [-0.05, 0) is 52.4 Å². The van der Waals surface area contributed by atoms with Gasteiger partial charge < -0.3 is 14.4 Å². The highest BCUT2D eigenvalue weighted by Crippen LogP contribution is 2.37. The van der Waals surface area contributed by atoms with E-state index < -0.39 is 11.7 Å². The maximum absolute atomic E-state index is 12.2. The zero-order valence-corrected chi connectivity index (χ0v) is 13.5. The summed E-state index contributed by atoms with van der Waals surface area (Å²) in [5.41, 5.74) is 2.04. The number of rotatable bonds is 2. The molecule has 0 radical (unpaired) electrons. The van der Waals surface area contributed by atoms with Gasteiger partial charge in [0, 0.05) is 3.57 Å². The molecule has 0 unspecified atom stereocenters. The van der Waals surface area contributed by atoms with Crippen molar-refractivity contribution >= 4 is 40.0 Å². The fourth-order valence-corrected chi connectivity index (χ4v) is 3.27. The highest BCUT2D eigenvalue weighted by Gasteiger charge is 2.35. The zero-order chi connectivity index (χ0) is 15.3. The van der Waals surface area contributed by atoms with Crippen LogP contribution >= 0.6 is 22.6 Å². The van der Waals surface area contributed by atoms with E-state index in [1.54, 1.807) is 18.2 Å². The number of hydrogen-bond acceptors (Lipinski definition) is 4. The van der Waals surface area contributed by atoms with Gasteiger partial charge in [0.05, 0.1) is 17.8 Å². The second-order valence-electron chi connectivity index (χ2n) is 5.03. The molecule has 4 rings (SSSR count). The summed E-state index contributed by atoms with van der Waals surface area (Å²) < 4.78 is 11.7. The molecule has 2 aromatic rings. The number of hydrogen-bond donors (Lipinski definition) is 0. The highest BCUT2D eigenvalue weighted by atomic mass is 127.